The lowest BCUT2D eigenvalue weighted by molar-refractivity contribution is 0.278. The van der Waals surface area contributed by atoms with E-state index in [0.29, 0.717) is 0 Å². The van der Waals surface area contributed by atoms with Gasteiger partial charge in [-0.15, -0.1) is 0 Å². The molecule has 0 heterocycles. The Bertz CT molecular complexity index is 286. The van der Waals surface area contributed by atoms with Gasteiger partial charge in [-0.05, 0) is 52.8 Å². The van der Waals surface area contributed by atoms with Crippen molar-refractivity contribution in [2.24, 2.45) is 0 Å². The Morgan fingerprint density at radius 3 is 2.54 bits per heavy atom. The summed E-state index contributed by atoms with van der Waals surface area (Å²) in [7, 11) is 0. The van der Waals surface area contributed by atoms with E-state index in [1.165, 1.54) is 0 Å². The molecule has 0 aliphatic rings. The Labute approximate surface area is 91.7 Å². The van der Waals surface area contributed by atoms with Crippen molar-refractivity contribution in [1.82, 2.24) is 0 Å². The van der Waals surface area contributed by atoms with Crippen molar-refractivity contribution in [3.05, 3.63) is 39.8 Å². The normalized spacial score (nSPS) is 12.9. The van der Waals surface area contributed by atoms with Crippen LogP contribution < -0.4 is 0 Å². The Kier molecular flexibility index (Phi) is 4.15. The SMILES string of the molecule is [CH2]C(CO)c1cc(I)cc(CO)c1. The number of halogens is 1. The topological polar surface area (TPSA) is 40.5 Å². The third-order valence-electron chi connectivity index (χ3n) is 1.85. The van der Waals surface area contributed by atoms with E-state index in [-0.39, 0.29) is 19.1 Å². The summed E-state index contributed by atoms with van der Waals surface area (Å²) in [5.41, 5.74) is 1.84. The summed E-state index contributed by atoms with van der Waals surface area (Å²) in [5.74, 6) is -0.111. The first-order chi connectivity index (χ1) is 6.17. The van der Waals surface area contributed by atoms with E-state index in [2.05, 4.69) is 29.5 Å². The predicted molar refractivity (Wildman–Crippen MR) is 60.3 cm³/mol. The number of benzene rings is 1. The van der Waals surface area contributed by atoms with Crippen LogP contribution in [0, 0.1) is 10.5 Å². The van der Waals surface area contributed by atoms with Crippen molar-refractivity contribution in [3.63, 3.8) is 0 Å². The number of aliphatic hydroxyl groups is 2. The van der Waals surface area contributed by atoms with Gasteiger partial charge in [-0.1, -0.05) is 6.07 Å². The highest BCUT2D eigenvalue weighted by Crippen LogP contribution is 2.19. The highest BCUT2D eigenvalue weighted by molar-refractivity contribution is 14.1. The number of hydrogen-bond acceptors (Lipinski definition) is 2. The molecule has 0 aromatic heterocycles. The van der Waals surface area contributed by atoms with Crippen molar-refractivity contribution in [1.29, 1.82) is 0 Å². The van der Waals surface area contributed by atoms with Crippen LogP contribution in [0.3, 0.4) is 0 Å². The third-order valence-corrected chi connectivity index (χ3v) is 2.48. The highest BCUT2D eigenvalue weighted by Gasteiger charge is 2.05. The van der Waals surface area contributed by atoms with Crippen LogP contribution in [0.15, 0.2) is 18.2 Å². The number of hydrogen-bond donors (Lipinski definition) is 2. The van der Waals surface area contributed by atoms with Gasteiger partial charge in [0.1, 0.15) is 0 Å². The fraction of sp³-hybridized carbons (Fsp3) is 0.300. The summed E-state index contributed by atoms with van der Waals surface area (Å²) in [6.07, 6.45) is 0. The maximum Gasteiger partial charge on any atom is 0.0682 e. The molecule has 0 saturated carbocycles. The molecule has 0 aliphatic heterocycles. The van der Waals surface area contributed by atoms with Gasteiger partial charge in [-0.3, -0.25) is 0 Å². The molecule has 1 aromatic rings. The van der Waals surface area contributed by atoms with E-state index < -0.39 is 0 Å². The smallest absolute Gasteiger partial charge is 0.0682 e. The Morgan fingerprint density at radius 1 is 1.31 bits per heavy atom. The minimum absolute atomic E-state index is 0.0298. The summed E-state index contributed by atoms with van der Waals surface area (Å²) in [4.78, 5) is 0. The molecule has 0 aliphatic carbocycles. The van der Waals surface area contributed by atoms with Gasteiger partial charge in [0.15, 0.2) is 0 Å². The van der Waals surface area contributed by atoms with Crippen molar-refractivity contribution >= 4 is 22.6 Å². The van der Waals surface area contributed by atoms with Crippen LogP contribution in [0.4, 0.5) is 0 Å². The molecule has 0 saturated heterocycles. The minimum Gasteiger partial charge on any atom is -0.396 e. The van der Waals surface area contributed by atoms with Crippen LogP contribution in [-0.2, 0) is 6.61 Å². The maximum absolute atomic E-state index is 8.95. The molecule has 3 heteroatoms. The van der Waals surface area contributed by atoms with E-state index in [1.54, 1.807) is 0 Å². The molecular weight excluding hydrogens is 279 g/mol. The van der Waals surface area contributed by atoms with Crippen molar-refractivity contribution in [3.8, 4) is 0 Å². The first kappa shape index (κ1) is 10.9. The second kappa shape index (κ2) is 4.93. The van der Waals surface area contributed by atoms with Crippen LogP contribution >= 0.6 is 22.6 Å². The zero-order valence-electron chi connectivity index (χ0n) is 7.20. The molecule has 0 amide bonds. The van der Waals surface area contributed by atoms with Gasteiger partial charge in [0.05, 0.1) is 6.61 Å². The highest BCUT2D eigenvalue weighted by atomic mass is 127. The van der Waals surface area contributed by atoms with Gasteiger partial charge >= 0.3 is 0 Å². The zero-order valence-corrected chi connectivity index (χ0v) is 9.36. The quantitative estimate of drug-likeness (QED) is 0.832. The Morgan fingerprint density at radius 2 is 2.00 bits per heavy atom. The second-order valence-electron chi connectivity index (χ2n) is 2.93. The van der Waals surface area contributed by atoms with Gasteiger partial charge in [0.2, 0.25) is 0 Å². The summed E-state index contributed by atoms with van der Waals surface area (Å²) < 4.78 is 1.06. The van der Waals surface area contributed by atoms with Crippen molar-refractivity contribution in [2.75, 3.05) is 6.61 Å². The molecule has 71 valence electrons. The maximum atomic E-state index is 8.95. The summed E-state index contributed by atoms with van der Waals surface area (Å²) in [6, 6.07) is 5.75. The van der Waals surface area contributed by atoms with E-state index in [0.717, 1.165) is 14.7 Å². The van der Waals surface area contributed by atoms with Gasteiger partial charge < -0.3 is 10.2 Å². The lowest BCUT2D eigenvalue weighted by Gasteiger charge is -2.10. The molecule has 0 spiro atoms. The molecule has 1 aromatic carbocycles. The molecular formula is C10H12IO2. The van der Waals surface area contributed by atoms with E-state index >= 15 is 0 Å². The average molecular weight is 291 g/mol. The van der Waals surface area contributed by atoms with Crippen molar-refractivity contribution < 1.29 is 10.2 Å². The molecule has 1 unspecified atom stereocenters. The van der Waals surface area contributed by atoms with Gasteiger partial charge in [0.25, 0.3) is 0 Å². The van der Waals surface area contributed by atoms with E-state index in [4.69, 9.17) is 10.2 Å². The van der Waals surface area contributed by atoms with Crippen LogP contribution in [0.25, 0.3) is 0 Å². The second-order valence-corrected chi connectivity index (χ2v) is 4.18. The van der Waals surface area contributed by atoms with Crippen LogP contribution in [0.5, 0.6) is 0 Å². The lowest BCUT2D eigenvalue weighted by atomic mass is 10.0. The fourth-order valence-corrected chi connectivity index (χ4v) is 1.87. The first-order valence-electron chi connectivity index (χ1n) is 4.01. The molecule has 13 heavy (non-hydrogen) atoms. The van der Waals surface area contributed by atoms with Crippen LogP contribution in [-0.4, -0.2) is 16.8 Å². The predicted octanol–water partition coefficient (Wildman–Crippen LogP) is 1.69. The first-order valence-corrected chi connectivity index (χ1v) is 5.09. The zero-order chi connectivity index (χ0) is 9.84. The molecule has 2 nitrogen and oxygen atoms in total. The average Bonchev–Trinajstić information content (AvgIpc) is 2.15. The summed E-state index contributed by atoms with van der Waals surface area (Å²) in [6.45, 7) is 3.87. The van der Waals surface area contributed by atoms with Gasteiger partial charge in [-0.2, -0.15) is 0 Å². The van der Waals surface area contributed by atoms with Crippen LogP contribution in [0.1, 0.15) is 17.0 Å². The van der Waals surface area contributed by atoms with Gasteiger partial charge in [0, 0.05) is 16.1 Å². The fourth-order valence-electron chi connectivity index (χ4n) is 1.11. The molecule has 0 fully saturated rings. The molecule has 2 N–H and O–H groups in total. The van der Waals surface area contributed by atoms with E-state index in [9.17, 15) is 0 Å². The van der Waals surface area contributed by atoms with Crippen molar-refractivity contribution in [2.45, 2.75) is 12.5 Å². The summed E-state index contributed by atoms with van der Waals surface area (Å²) in [5, 5.41) is 17.9. The largest absolute Gasteiger partial charge is 0.396 e. The number of rotatable bonds is 3. The number of aliphatic hydroxyl groups excluding tert-OH is 2. The minimum atomic E-state index is -0.111. The van der Waals surface area contributed by atoms with E-state index in [1.807, 2.05) is 18.2 Å². The molecule has 1 radical (unpaired) electrons. The standard InChI is InChI=1S/C10H12IO2/c1-7(5-12)9-2-8(6-13)3-10(11)4-9/h2-4,7,12-13H,1,5-6H2. The van der Waals surface area contributed by atoms with Gasteiger partial charge in [-0.25, -0.2) is 0 Å². The molecule has 1 atom stereocenters. The Hall–Kier alpha value is -0.130. The molecule has 1 rings (SSSR count). The third kappa shape index (κ3) is 2.93. The monoisotopic (exact) mass is 291 g/mol. The summed E-state index contributed by atoms with van der Waals surface area (Å²) >= 11 is 2.18. The van der Waals surface area contributed by atoms with Crippen LogP contribution in [0.2, 0.25) is 0 Å². The Balaban J connectivity index is 3.01. The lowest BCUT2D eigenvalue weighted by Crippen LogP contribution is -2.00. The molecule has 0 bridgehead atoms.